The van der Waals surface area contributed by atoms with Crippen LogP contribution in [0.3, 0.4) is 0 Å². The molecule has 0 spiro atoms. The predicted octanol–water partition coefficient (Wildman–Crippen LogP) is 4.39. The number of hydrogen-bond donors (Lipinski definition) is 2. The van der Waals surface area contributed by atoms with Crippen molar-refractivity contribution in [1.29, 1.82) is 0 Å². The number of nitrogens with one attached hydrogen (secondary N) is 1. The summed E-state index contributed by atoms with van der Waals surface area (Å²) < 4.78 is 15.4. The van der Waals surface area contributed by atoms with Crippen molar-refractivity contribution >= 4 is 24.0 Å². The first-order valence-electron chi connectivity index (χ1n) is 9.92. The molecule has 2 unspecified atom stereocenters. The number of amides is 1. The summed E-state index contributed by atoms with van der Waals surface area (Å²) in [6, 6.07) is 18.1. The average molecular weight is 448 g/mol. The minimum absolute atomic E-state index is 0.0687. The maximum Gasteiger partial charge on any atom is 0.508 e. The molecule has 2 aromatic carbocycles. The number of carbonyl (C=O) groups is 2. The number of hydrogen-bond acceptors (Lipinski definition) is 7. The van der Waals surface area contributed by atoms with Gasteiger partial charge in [0.05, 0.1) is 6.04 Å². The van der Waals surface area contributed by atoms with E-state index in [1.54, 1.807) is 20.8 Å². The SMILES string of the molecule is CC(C)(C)OC(=O)NC(CSc1ccccc1)C(O)COC(=O)OCc1ccccc1. The molecule has 0 saturated heterocycles. The number of benzene rings is 2. The summed E-state index contributed by atoms with van der Waals surface area (Å²) in [5.74, 6) is 0.354. The van der Waals surface area contributed by atoms with Crippen LogP contribution in [0.15, 0.2) is 65.6 Å². The molecule has 0 radical (unpaired) electrons. The maximum absolute atomic E-state index is 12.2. The third-order valence-electron chi connectivity index (χ3n) is 3.91. The lowest BCUT2D eigenvalue weighted by molar-refractivity contribution is 0.00346. The van der Waals surface area contributed by atoms with Crippen molar-refractivity contribution in [2.75, 3.05) is 12.4 Å². The Hall–Kier alpha value is -2.71. The molecule has 0 aliphatic carbocycles. The predicted molar refractivity (Wildman–Crippen MR) is 119 cm³/mol. The molecule has 8 heteroatoms. The van der Waals surface area contributed by atoms with Crippen LogP contribution in [0.25, 0.3) is 0 Å². The van der Waals surface area contributed by atoms with E-state index >= 15 is 0 Å². The highest BCUT2D eigenvalue weighted by atomic mass is 32.2. The van der Waals surface area contributed by atoms with Gasteiger partial charge in [-0.1, -0.05) is 48.5 Å². The van der Waals surface area contributed by atoms with E-state index < -0.39 is 30.0 Å². The summed E-state index contributed by atoms with van der Waals surface area (Å²) in [6.07, 6.45) is -2.69. The monoisotopic (exact) mass is 447 g/mol. The lowest BCUT2D eigenvalue weighted by Gasteiger charge is -2.26. The summed E-state index contributed by atoms with van der Waals surface area (Å²) >= 11 is 1.46. The Morgan fingerprint density at radius 3 is 2.23 bits per heavy atom. The minimum atomic E-state index is -1.15. The molecule has 0 bridgehead atoms. The highest BCUT2D eigenvalue weighted by molar-refractivity contribution is 7.99. The summed E-state index contributed by atoms with van der Waals surface area (Å²) in [4.78, 5) is 25.0. The quantitative estimate of drug-likeness (QED) is 0.435. The van der Waals surface area contributed by atoms with E-state index in [2.05, 4.69) is 5.32 Å². The zero-order valence-electron chi connectivity index (χ0n) is 17.9. The van der Waals surface area contributed by atoms with Gasteiger partial charge in [-0.25, -0.2) is 9.59 Å². The molecule has 7 nitrogen and oxygen atoms in total. The number of carbonyl (C=O) groups excluding carboxylic acids is 2. The van der Waals surface area contributed by atoms with Crippen molar-refractivity contribution < 1.29 is 28.9 Å². The highest BCUT2D eigenvalue weighted by Crippen LogP contribution is 2.19. The van der Waals surface area contributed by atoms with E-state index in [4.69, 9.17) is 14.2 Å². The van der Waals surface area contributed by atoms with Gasteiger partial charge in [0.25, 0.3) is 0 Å². The third kappa shape index (κ3) is 10.2. The van der Waals surface area contributed by atoms with Gasteiger partial charge in [0.15, 0.2) is 0 Å². The van der Waals surface area contributed by atoms with E-state index in [-0.39, 0.29) is 13.2 Å². The van der Waals surface area contributed by atoms with Crippen LogP contribution in [0.5, 0.6) is 0 Å². The van der Waals surface area contributed by atoms with E-state index in [0.717, 1.165) is 10.5 Å². The number of rotatable bonds is 9. The van der Waals surface area contributed by atoms with Crippen LogP contribution in [0, 0.1) is 0 Å². The number of alkyl carbamates (subject to hydrolysis) is 1. The highest BCUT2D eigenvalue weighted by Gasteiger charge is 2.26. The molecule has 2 rings (SSSR count). The van der Waals surface area contributed by atoms with Crippen LogP contribution in [0.2, 0.25) is 0 Å². The molecule has 31 heavy (non-hydrogen) atoms. The Kier molecular flexibility index (Phi) is 9.68. The zero-order valence-corrected chi connectivity index (χ0v) is 18.8. The van der Waals surface area contributed by atoms with Crippen molar-refractivity contribution in [3.8, 4) is 0 Å². The molecular weight excluding hydrogens is 418 g/mol. The topological polar surface area (TPSA) is 94.1 Å². The van der Waals surface area contributed by atoms with Crippen LogP contribution in [-0.4, -0.2) is 47.5 Å². The lowest BCUT2D eigenvalue weighted by atomic mass is 10.2. The third-order valence-corrected chi connectivity index (χ3v) is 5.04. The second-order valence-corrected chi connectivity index (χ2v) is 8.87. The van der Waals surface area contributed by atoms with E-state index in [9.17, 15) is 14.7 Å². The first-order valence-corrected chi connectivity index (χ1v) is 10.9. The molecule has 2 atom stereocenters. The van der Waals surface area contributed by atoms with Gasteiger partial charge in [-0.15, -0.1) is 11.8 Å². The van der Waals surface area contributed by atoms with Crippen LogP contribution in [0.1, 0.15) is 26.3 Å². The van der Waals surface area contributed by atoms with E-state index in [0.29, 0.717) is 5.75 Å². The van der Waals surface area contributed by atoms with Crippen molar-refractivity contribution in [2.24, 2.45) is 0 Å². The Morgan fingerprint density at radius 2 is 1.61 bits per heavy atom. The molecular formula is C23H29NO6S. The van der Waals surface area contributed by atoms with Gasteiger partial charge in [-0.05, 0) is 38.5 Å². The Balaban J connectivity index is 1.88. The number of ether oxygens (including phenoxy) is 3. The fourth-order valence-electron chi connectivity index (χ4n) is 2.44. The van der Waals surface area contributed by atoms with Gasteiger partial charge in [-0.3, -0.25) is 0 Å². The number of aliphatic hydroxyl groups excluding tert-OH is 1. The summed E-state index contributed by atoms with van der Waals surface area (Å²) in [5.41, 5.74) is 0.146. The van der Waals surface area contributed by atoms with Gasteiger partial charge in [0.1, 0.15) is 24.9 Å². The standard InChI is InChI=1S/C23H29NO6S/c1-23(2,3)30-21(26)24-19(16-31-18-12-8-5-9-13-18)20(25)15-29-22(27)28-14-17-10-6-4-7-11-17/h4-13,19-20,25H,14-16H2,1-3H3,(H,24,26). The smallest absolute Gasteiger partial charge is 0.444 e. The Morgan fingerprint density at radius 1 is 1.00 bits per heavy atom. The van der Waals surface area contributed by atoms with Crippen molar-refractivity contribution in [3.05, 3.63) is 66.2 Å². The average Bonchev–Trinajstić information content (AvgIpc) is 2.73. The van der Waals surface area contributed by atoms with Gasteiger partial charge in [-0.2, -0.15) is 0 Å². The van der Waals surface area contributed by atoms with Crippen molar-refractivity contribution in [3.63, 3.8) is 0 Å². The van der Waals surface area contributed by atoms with Crippen LogP contribution >= 0.6 is 11.8 Å². The largest absolute Gasteiger partial charge is 0.508 e. The summed E-state index contributed by atoms with van der Waals surface area (Å²) in [6.45, 7) is 5.00. The van der Waals surface area contributed by atoms with Crippen molar-refractivity contribution in [2.45, 2.75) is 50.0 Å². The zero-order chi connectivity index (χ0) is 22.7. The Labute approximate surface area is 187 Å². The molecule has 0 aliphatic rings. The van der Waals surface area contributed by atoms with Gasteiger partial charge < -0.3 is 24.6 Å². The fourth-order valence-corrected chi connectivity index (χ4v) is 3.47. The van der Waals surface area contributed by atoms with Crippen LogP contribution in [-0.2, 0) is 20.8 Å². The molecule has 1 amide bonds. The normalized spacial score (nSPS) is 13.0. The molecule has 0 aromatic heterocycles. The molecule has 0 saturated carbocycles. The molecule has 0 fully saturated rings. The van der Waals surface area contributed by atoms with E-state index in [1.165, 1.54) is 11.8 Å². The van der Waals surface area contributed by atoms with Gasteiger partial charge in [0.2, 0.25) is 0 Å². The molecule has 0 aliphatic heterocycles. The summed E-state index contributed by atoms with van der Waals surface area (Å²) in [7, 11) is 0. The first kappa shape index (κ1) is 24.6. The van der Waals surface area contributed by atoms with Gasteiger partial charge >= 0.3 is 12.2 Å². The summed E-state index contributed by atoms with van der Waals surface area (Å²) in [5, 5.41) is 13.2. The van der Waals surface area contributed by atoms with Gasteiger partial charge in [0, 0.05) is 10.6 Å². The first-order chi connectivity index (χ1) is 14.7. The molecule has 2 N–H and O–H groups in total. The Bertz CT molecular complexity index is 810. The van der Waals surface area contributed by atoms with E-state index in [1.807, 2.05) is 60.7 Å². The maximum atomic E-state index is 12.2. The lowest BCUT2D eigenvalue weighted by Crippen LogP contribution is -2.48. The second-order valence-electron chi connectivity index (χ2n) is 7.78. The molecule has 2 aromatic rings. The number of thioether (sulfide) groups is 1. The second kappa shape index (κ2) is 12.2. The number of aliphatic hydroxyl groups is 1. The van der Waals surface area contributed by atoms with Crippen LogP contribution in [0.4, 0.5) is 9.59 Å². The molecule has 168 valence electrons. The fraction of sp³-hybridized carbons (Fsp3) is 0.391. The van der Waals surface area contributed by atoms with Crippen LogP contribution < -0.4 is 5.32 Å². The van der Waals surface area contributed by atoms with Crippen molar-refractivity contribution in [1.82, 2.24) is 5.32 Å². The molecule has 0 heterocycles. The minimum Gasteiger partial charge on any atom is -0.444 e.